The van der Waals surface area contributed by atoms with Gasteiger partial charge in [0.25, 0.3) is 0 Å². The predicted molar refractivity (Wildman–Crippen MR) is 116 cm³/mol. The summed E-state index contributed by atoms with van der Waals surface area (Å²) in [4.78, 5) is 25.5. The Hall–Kier alpha value is -3.97. The molecule has 0 radical (unpaired) electrons. The van der Waals surface area contributed by atoms with Crippen LogP contribution in [0.15, 0.2) is 39.8 Å². The van der Waals surface area contributed by atoms with Crippen molar-refractivity contribution in [3.05, 3.63) is 58.2 Å². The first-order valence-corrected chi connectivity index (χ1v) is 10.2. The lowest BCUT2D eigenvalue weighted by Gasteiger charge is -2.10. The van der Waals surface area contributed by atoms with Crippen molar-refractivity contribution in [2.75, 3.05) is 5.73 Å². The van der Waals surface area contributed by atoms with Gasteiger partial charge in [0.05, 0.1) is 11.0 Å². The van der Waals surface area contributed by atoms with Crippen LogP contribution in [0.1, 0.15) is 37.0 Å². The largest absolute Gasteiger partial charge is 0.371 e. The first kappa shape index (κ1) is 20.0. The maximum Gasteiger partial charge on any atom is 0.334 e. The maximum atomic E-state index is 13.3. The molecule has 1 aliphatic rings. The molecule has 3 heterocycles. The fourth-order valence-corrected chi connectivity index (χ4v) is 3.53. The van der Waals surface area contributed by atoms with Gasteiger partial charge in [-0.15, -0.1) is 0 Å². The number of nitrogen functional groups attached to an aromatic ring is 1. The van der Waals surface area contributed by atoms with Gasteiger partial charge in [0.15, 0.2) is 5.60 Å². The smallest absolute Gasteiger partial charge is 0.334 e. The average Bonchev–Trinajstić information content (AvgIpc) is 3.40. The van der Waals surface area contributed by atoms with Crippen molar-refractivity contribution in [2.24, 2.45) is 5.92 Å². The Kier molecular flexibility index (Phi) is 4.56. The van der Waals surface area contributed by atoms with E-state index in [-0.39, 0.29) is 17.5 Å². The minimum Gasteiger partial charge on any atom is -0.371 e. The summed E-state index contributed by atoms with van der Waals surface area (Å²) in [6, 6.07) is 7.11. The van der Waals surface area contributed by atoms with Crippen molar-refractivity contribution in [3.8, 4) is 17.7 Å². The number of hydrogen-bond acceptors (Lipinski definition) is 8. The van der Waals surface area contributed by atoms with Crippen LogP contribution in [0.4, 0.5) is 5.95 Å². The van der Waals surface area contributed by atoms with Gasteiger partial charge in [0.1, 0.15) is 5.82 Å². The minimum absolute atomic E-state index is 0.0832. The van der Waals surface area contributed by atoms with Gasteiger partial charge in [-0.05, 0) is 43.9 Å². The Bertz CT molecular complexity index is 1450. The zero-order valence-corrected chi connectivity index (χ0v) is 17.6. The van der Waals surface area contributed by atoms with E-state index >= 15 is 0 Å². The number of rotatable bonds is 4. The Morgan fingerprint density at radius 1 is 1.28 bits per heavy atom. The lowest BCUT2D eigenvalue weighted by molar-refractivity contribution is 0.108. The molecule has 0 bridgehead atoms. The van der Waals surface area contributed by atoms with Gasteiger partial charge in [0.2, 0.25) is 17.7 Å². The monoisotopic (exact) mass is 431 g/mol. The standard InChI is InChI=1S/C22H21N7O3/c1-13-25-19(27-32-13)22(2,31)9-7-14-5-6-16-17(11-14)29(18-8-10-24-20(23)26-18)21(30)28(16)12-15-3-4-15/h5-6,8,10-11,15,31H,3-4,12H2,1-2H3,(H2,23,24,26). The normalized spacial score (nSPS) is 15.3. The second-order valence-corrected chi connectivity index (χ2v) is 8.11. The van der Waals surface area contributed by atoms with Gasteiger partial charge in [-0.3, -0.25) is 4.57 Å². The molecule has 1 unspecified atom stereocenters. The number of nitrogens with zero attached hydrogens (tertiary/aromatic N) is 6. The fraction of sp³-hybridized carbons (Fsp3) is 0.318. The molecule has 3 aromatic heterocycles. The highest BCUT2D eigenvalue weighted by atomic mass is 16.5. The van der Waals surface area contributed by atoms with E-state index in [4.69, 9.17) is 10.3 Å². The third kappa shape index (κ3) is 3.63. The number of aryl methyl sites for hydroxylation is 1. The zero-order chi connectivity index (χ0) is 22.5. The van der Waals surface area contributed by atoms with Crippen LogP contribution in [0, 0.1) is 24.7 Å². The number of aliphatic hydroxyl groups is 1. The van der Waals surface area contributed by atoms with Crippen molar-refractivity contribution < 1.29 is 9.63 Å². The highest BCUT2D eigenvalue weighted by Crippen LogP contribution is 2.31. The Balaban J connectivity index is 1.63. The van der Waals surface area contributed by atoms with Gasteiger partial charge in [-0.25, -0.2) is 14.3 Å². The molecule has 10 heteroatoms. The van der Waals surface area contributed by atoms with E-state index < -0.39 is 5.60 Å². The number of benzene rings is 1. The van der Waals surface area contributed by atoms with Crippen LogP contribution in [-0.2, 0) is 12.1 Å². The lowest BCUT2D eigenvalue weighted by atomic mass is 10.1. The summed E-state index contributed by atoms with van der Waals surface area (Å²) in [5.74, 6) is 7.15. The molecule has 1 atom stereocenters. The summed E-state index contributed by atoms with van der Waals surface area (Å²) in [7, 11) is 0. The molecule has 3 N–H and O–H groups in total. The summed E-state index contributed by atoms with van der Waals surface area (Å²) in [6.07, 6.45) is 3.75. The number of fused-ring (bicyclic) bond motifs is 1. The van der Waals surface area contributed by atoms with Crippen molar-refractivity contribution in [1.29, 1.82) is 0 Å². The molecule has 1 saturated carbocycles. The molecule has 0 spiro atoms. The molecular formula is C22H21N7O3. The van der Waals surface area contributed by atoms with Crippen LogP contribution in [0.3, 0.4) is 0 Å². The maximum absolute atomic E-state index is 13.3. The molecule has 4 aromatic rings. The summed E-state index contributed by atoms with van der Waals surface area (Å²) in [5, 5.41) is 14.4. The van der Waals surface area contributed by atoms with E-state index in [2.05, 4.69) is 31.9 Å². The van der Waals surface area contributed by atoms with Crippen LogP contribution in [0.5, 0.6) is 0 Å². The quantitative estimate of drug-likeness (QED) is 0.464. The van der Waals surface area contributed by atoms with Gasteiger partial charge in [0, 0.05) is 31.3 Å². The van der Waals surface area contributed by atoms with Crippen LogP contribution >= 0.6 is 0 Å². The van der Waals surface area contributed by atoms with Crippen LogP contribution < -0.4 is 11.4 Å². The van der Waals surface area contributed by atoms with Crippen molar-refractivity contribution in [2.45, 2.75) is 38.8 Å². The van der Waals surface area contributed by atoms with Gasteiger partial charge in [-0.2, -0.15) is 9.97 Å². The number of aromatic nitrogens is 6. The van der Waals surface area contributed by atoms with E-state index in [1.165, 1.54) is 17.7 Å². The molecular weight excluding hydrogens is 410 g/mol. The molecule has 5 rings (SSSR count). The highest BCUT2D eigenvalue weighted by Gasteiger charge is 2.27. The topological polar surface area (TPSA) is 138 Å². The van der Waals surface area contributed by atoms with Crippen molar-refractivity contribution >= 4 is 17.0 Å². The van der Waals surface area contributed by atoms with E-state index in [0.29, 0.717) is 35.3 Å². The van der Waals surface area contributed by atoms with E-state index in [1.807, 2.05) is 12.1 Å². The Labute approximate surface area is 182 Å². The molecule has 1 fully saturated rings. The summed E-state index contributed by atoms with van der Waals surface area (Å²) in [6.45, 7) is 3.79. The van der Waals surface area contributed by atoms with Gasteiger partial charge >= 0.3 is 5.69 Å². The number of nitrogens with two attached hydrogens (primary N) is 1. The van der Waals surface area contributed by atoms with Crippen molar-refractivity contribution in [1.82, 2.24) is 29.2 Å². The third-order valence-corrected chi connectivity index (χ3v) is 5.37. The second kappa shape index (κ2) is 7.32. The molecule has 1 aliphatic carbocycles. The van der Waals surface area contributed by atoms with E-state index in [9.17, 15) is 9.90 Å². The molecule has 0 saturated heterocycles. The summed E-state index contributed by atoms with van der Waals surface area (Å²) < 4.78 is 8.22. The summed E-state index contributed by atoms with van der Waals surface area (Å²) >= 11 is 0. The Morgan fingerprint density at radius 2 is 2.09 bits per heavy atom. The highest BCUT2D eigenvalue weighted by molar-refractivity contribution is 5.79. The molecule has 162 valence electrons. The van der Waals surface area contributed by atoms with Crippen LogP contribution in [0.2, 0.25) is 0 Å². The van der Waals surface area contributed by atoms with Crippen LogP contribution in [0.25, 0.3) is 16.9 Å². The third-order valence-electron chi connectivity index (χ3n) is 5.37. The minimum atomic E-state index is -1.59. The average molecular weight is 431 g/mol. The lowest BCUT2D eigenvalue weighted by Crippen LogP contribution is -2.24. The first-order chi connectivity index (χ1) is 15.3. The zero-order valence-electron chi connectivity index (χ0n) is 17.6. The van der Waals surface area contributed by atoms with E-state index in [0.717, 1.165) is 18.4 Å². The molecule has 32 heavy (non-hydrogen) atoms. The molecule has 1 aromatic carbocycles. The van der Waals surface area contributed by atoms with Gasteiger partial charge < -0.3 is 15.4 Å². The van der Waals surface area contributed by atoms with Crippen LogP contribution in [-0.4, -0.2) is 34.3 Å². The second-order valence-electron chi connectivity index (χ2n) is 8.11. The van der Waals surface area contributed by atoms with E-state index in [1.54, 1.807) is 23.6 Å². The first-order valence-electron chi connectivity index (χ1n) is 10.2. The predicted octanol–water partition coefficient (Wildman–Crippen LogP) is 1.53. The molecule has 0 amide bonds. The SMILES string of the molecule is Cc1nc(C(C)(O)C#Cc2ccc3c(c2)n(-c2ccnc(N)n2)c(=O)n3CC2CC2)no1. The fourth-order valence-electron chi connectivity index (χ4n) is 3.53. The van der Waals surface area contributed by atoms with Gasteiger partial charge in [-0.1, -0.05) is 17.0 Å². The Morgan fingerprint density at radius 3 is 2.78 bits per heavy atom. The molecule has 10 nitrogen and oxygen atoms in total. The van der Waals surface area contributed by atoms with Crippen molar-refractivity contribution in [3.63, 3.8) is 0 Å². The number of anilines is 1. The number of hydrogen-bond donors (Lipinski definition) is 2. The number of imidazole rings is 1. The summed E-state index contributed by atoms with van der Waals surface area (Å²) in [5.41, 5.74) is 6.01. The molecule has 0 aliphatic heterocycles.